The summed E-state index contributed by atoms with van der Waals surface area (Å²) in [5.41, 5.74) is 0. The fourth-order valence-corrected chi connectivity index (χ4v) is 12.2. The zero-order chi connectivity index (χ0) is 61.5. The SMILES string of the molecule is CCCCCCCCC(CCCCCC)COC(=O)CCCCCCCC(=O)N(CCCCCC)CCCCCCN(C)CCCCCCN(CCCCCC)C(=O)CCCCCCCC(=O)OCC(CCCCCC)CCCCCCCC. The first kappa shape index (κ1) is 81.8. The van der Waals surface area contributed by atoms with Gasteiger partial charge in [0.15, 0.2) is 0 Å². The van der Waals surface area contributed by atoms with E-state index in [0.717, 1.165) is 129 Å². The van der Waals surface area contributed by atoms with Gasteiger partial charge in [-0.05, 0) is 122 Å². The van der Waals surface area contributed by atoms with Crippen LogP contribution in [0.2, 0.25) is 0 Å². The third-order valence-electron chi connectivity index (χ3n) is 18.1. The molecular formula is C75H147N3O6. The minimum Gasteiger partial charge on any atom is -0.465 e. The van der Waals surface area contributed by atoms with Gasteiger partial charge in [-0.15, -0.1) is 0 Å². The van der Waals surface area contributed by atoms with Crippen molar-refractivity contribution < 1.29 is 28.7 Å². The molecule has 0 aliphatic rings. The molecule has 2 atom stereocenters. The molecule has 0 aromatic heterocycles. The molecule has 0 saturated carbocycles. The Morgan fingerprint density at radius 1 is 0.262 bits per heavy atom. The molecule has 0 aromatic carbocycles. The summed E-state index contributed by atoms with van der Waals surface area (Å²) in [7, 11) is 2.27. The average Bonchev–Trinajstić information content (AvgIpc) is 3.53. The Balaban J connectivity index is 4.44. The first-order valence-corrected chi connectivity index (χ1v) is 37.7. The number of unbranched alkanes of at least 4 members (excludes halogenated alkanes) is 36. The predicted molar refractivity (Wildman–Crippen MR) is 363 cm³/mol. The Kier molecular flexibility index (Phi) is 63.6. The van der Waals surface area contributed by atoms with Crippen LogP contribution < -0.4 is 0 Å². The van der Waals surface area contributed by atoms with Crippen LogP contribution in [0.25, 0.3) is 0 Å². The van der Waals surface area contributed by atoms with Crippen molar-refractivity contribution in [3.05, 3.63) is 0 Å². The highest BCUT2D eigenvalue weighted by Gasteiger charge is 2.17. The molecular weight excluding hydrogens is 1040 g/mol. The number of hydrogen-bond acceptors (Lipinski definition) is 7. The molecule has 0 aliphatic carbocycles. The van der Waals surface area contributed by atoms with E-state index in [1.54, 1.807) is 0 Å². The third-order valence-corrected chi connectivity index (χ3v) is 18.1. The highest BCUT2D eigenvalue weighted by Crippen LogP contribution is 2.23. The first-order chi connectivity index (χ1) is 41.1. The normalized spacial score (nSPS) is 12.3. The van der Waals surface area contributed by atoms with Crippen LogP contribution >= 0.6 is 0 Å². The second-order valence-electron chi connectivity index (χ2n) is 26.5. The lowest BCUT2D eigenvalue weighted by Crippen LogP contribution is -2.32. The molecule has 0 aliphatic heterocycles. The molecule has 0 N–H and O–H groups in total. The molecule has 498 valence electrons. The second-order valence-corrected chi connectivity index (χ2v) is 26.5. The van der Waals surface area contributed by atoms with Gasteiger partial charge in [-0.3, -0.25) is 19.2 Å². The molecule has 84 heavy (non-hydrogen) atoms. The van der Waals surface area contributed by atoms with E-state index < -0.39 is 0 Å². The van der Waals surface area contributed by atoms with Crippen LogP contribution in [0.3, 0.4) is 0 Å². The molecule has 0 saturated heterocycles. The van der Waals surface area contributed by atoms with Crippen molar-refractivity contribution in [3.8, 4) is 0 Å². The lowest BCUT2D eigenvalue weighted by Gasteiger charge is -2.23. The van der Waals surface area contributed by atoms with Crippen molar-refractivity contribution in [2.24, 2.45) is 11.8 Å². The lowest BCUT2D eigenvalue weighted by atomic mass is 9.95. The molecule has 0 radical (unpaired) electrons. The van der Waals surface area contributed by atoms with E-state index in [9.17, 15) is 19.2 Å². The van der Waals surface area contributed by atoms with E-state index in [-0.39, 0.29) is 11.9 Å². The average molecular weight is 1190 g/mol. The summed E-state index contributed by atoms with van der Waals surface area (Å²) in [6.45, 7) is 20.6. The lowest BCUT2D eigenvalue weighted by molar-refractivity contribution is -0.146. The van der Waals surface area contributed by atoms with Gasteiger partial charge in [-0.25, -0.2) is 0 Å². The molecule has 9 heteroatoms. The van der Waals surface area contributed by atoms with Gasteiger partial charge in [-0.2, -0.15) is 0 Å². The van der Waals surface area contributed by atoms with Crippen LogP contribution in [0.4, 0.5) is 0 Å². The second kappa shape index (κ2) is 65.3. The van der Waals surface area contributed by atoms with Crippen LogP contribution in [0.1, 0.15) is 388 Å². The van der Waals surface area contributed by atoms with E-state index in [4.69, 9.17) is 9.47 Å². The van der Waals surface area contributed by atoms with Crippen molar-refractivity contribution in [1.29, 1.82) is 0 Å². The fourth-order valence-electron chi connectivity index (χ4n) is 12.2. The molecule has 0 bridgehead atoms. The van der Waals surface area contributed by atoms with Gasteiger partial charge in [0.05, 0.1) is 13.2 Å². The Morgan fingerprint density at radius 2 is 0.476 bits per heavy atom. The van der Waals surface area contributed by atoms with Gasteiger partial charge >= 0.3 is 11.9 Å². The predicted octanol–water partition coefficient (Wildman–Crippen LogP) is 22.1. The topological polar surface area (TPSA) is 96.5 Å². The molecule has 0 heterocycles. The van der Waals surface area contributed by atoms with E-state index in [1.807, 2.05) is 0 Å². The Bertz CT molecular complexity index is 1310. The van der Waals surface area contributed by atoms with Crippen molar-refractivity contribution >= 4 is 23.8 Å². The van der Waals surface area contributed by atoms with Gasteiger partial charge in [-0.1, -0.05) is 273 Å². The minimum atomic E-state index is -0.0196. The number of nitrogens with zero attached hydrogens (tertiary/aromatic N) is 3. The van der Waals surface area contributed by atoms with Crippen molar-refractivity contribution in [2.45, 2.75) is 388 Å². The van der Waals surface area contributed by atoms with Gasteiger partial charge in [0.1, 0.15) is 0 Å². The van der Waals surface area contributed by atoms with E-state index >= 15 is 0 Å². The highest BCUT2D eigenvalue weighted by molar-refractivity contribution is 5.76. The summed E-state index contributed by atoms with van der Waals surface area (Å²) in [5.74, 6) is 1.67. The summed E-state index contributed by atoms with van der Waals surface area (Å²) < 4.78 is 11.7. The zero-order valence-corrected chi connectivity index (χ0v) is 57.8. The maximum Gasteiger partial charge on any atom is 0.305 e. The number of ether oxygens (including phenoxy) is 2. The van der Waals surface area contributed by atoms with Crippen LogP contribution in [0.15, 0.2) is 0 Å². The smallest absolute Gasteiger partial charge is 0.305 e. The Hall–Kier alpha value is -2.16. The van der Waals surface area contributed by atoms with E-state index in [0.29, 0.717) is 62.5 Å². The zero-order valence-electron chi connectivity index (χ0n) is 57.8. The number of carbonyl (C=O) groups is 4. The number of rotatable bonds is 68. The number of esters is 2. The molecule has 0 rings (SSSR count). The summed E-state index contributed by atoms with van der Waals surface area (Å²) in [6.07, 6.45) is 62.0. The largest absolute Gasteiger partial charge is 0.465 e. The monoisotopic (exact) mass is 1190 g/mol. The standard InChI is InChI=1S/C75H147N3O6/c1-8-14-20-26-30-42-56-70(54-40-22-16-10-3)68-83-74(81)60-46-34-28-32-44-58-72(79)77(64-50-24-18-12-5)66-52-38-36-48-62-76(7)63-49-37-39-53-67-78(65-51-25-19-13-6)73(80)59-45-33-29-35-47-61-75(82)84-69-71(55-41-23-17-11-4)57-43-31-27-21-15-9-2/h70-71H,8-69H2,1-7H3. The molecule has 0 spiro atoms. The number of amides is 2. The molecule has 9 nitrogen and oxygen atoms in total. The summed E-state index contributed by atoms with van der Waals surface area (Å²) in [5, 5.41) is 0. The van der Waals surface area contributed by atoms with Crippen LogP contribution in [0, 0.1) is 11.8 Å². The number of hydrogen-bond donors (Lipinski definition) is 0. The van der Waals surface area contributed by atoms with E-state index in [2.05, 4.69) is 63.3 Å². The Morgan fingerprint density at radius 3 is 0.774 bits per heavy atom. The van der Waals surface area contributed by atoms with Gasteiger partial charge < -0.3 is 24.2 Å². The maximum atomic E-state index is 13.4. The number of carbonyl (C=O) groups excluding carboxylic acids is 4. The highest BCUT2D eigenvalue weighted by atomic mass is 16.5. The quantitative estimate of drug-likeness (QED) is 0.0442. The van der Waals surface area contributed by atoms with Crippen LogP contribution in [-0.4, -0.2) is 98.0 Å². The third kappa shape index (κ3) is 56.4. The molecule has 0 fully saturated rings. The van der Waals surface area contributed by atoms with Crippen LogP contribution in [0.5, 0.6) is 0 Å². The maximum absolute atomic E-state index is 13.4. The van der Waals surface area contributed by atoms with Crippen molar-refractivity contribution in [2.75, 3.05) is 59.5 Å². The van der Waals surface area contributed by atoms with Gasteiger partial charge in [0.2, 0.25) is 11.8 Å². The summed E-state index contributed by atoms with van der Waals surface area (Å²) in [6, 6.07) is 0. The van der Waals surface area contributed by atoms with Gasteiger partial charge in [0.25, 0.3) is 0 Å². The van der Waals surface area contributed by atoms with Gasteiger partial charge in [0, 0.05) is 51.9 Å². The summed E-state index contributed by atoms with van der Waals surface area (Å²) >= 11 is 0. The summed E-state index contributed by atoms with van der Waals surface area (Å²) in [4.78, 5) is 59.1. The molecule has 0 aromatic rings. The van der Waals surface area contributed by atoms with Crippen molar-refractivity contribution in [3.63, 3.8) is 0 Å². The Labute approximate surface area is 524 Å². The molecule has 2 unspecified atom stereocenters. The van der Waals surface area contributed by atoms with Crippen LogP contribution in [-0.2, 0) is 28.7 Å². The van der Waals surface area contributed by atoms with Crippen molar-refractivity contribution in [1.82, 2.24) is 14.7 Å². The molecule has 2 amide bonds. The minimum absolute atomic E-state index is 0.0196. The first-order valence-electron chi connectivity index (χ1n) is 37.7. The fraction of sp³-hybridized carbons (Fsp3) is 0.947. The van der Waals surface area contributed by atoms with E-state index in [1.165, 1.54) is 231 Å².